The summed E-state index contributed by atoms with van der Waals surface area (Å²) in [5.74, 6) is 0. The number of aromatic nitrogens is 2. The van der Waals surface area contributed by atoms with Gasteiger partial charge in [-0.1, -0.05) is 6.92 Å². The Morgan fingerprint density at radius 2 is 2.25 bits per heavy atom. The lowest BCUT2D eigenvalue weighted by Crippen LogP contribution is -2.31. The van der Waals surface area contributed by atoms with Gasteiger partial charge in [0.2, 0.25) is 0 Å². The number of hydrogen-bond acceptors (Lipinski definition) is 3. The summed E-state index contributed by atoms with van der Waals surface area (Å²) < 4.78 is 7.70. The van der Waals surface area contributed by atoms with Crippen LogP contribution >= 0.6 is 0 Å². The van der Waals surface area contributed by atoms with Crippen LogP contribution in [0, 0.1) is 0 Å². The van der Waals surface area contributed by atoms with E-state index in [1.807, 2.05) is 20.2 Å². The van der Waals surface area contributed by atoms with Gasteiger partial charge in [-0.05, 0) is 33.4 Å². The number of rotatable bonds is 7. The Bertz CT molecular complexity index is 298. The van der Waals surface area contributed by atoms with Crippen molar-refractivity contribution in [1.29, 1.82) is 0 Å². The highest BCUT2D eigenvalue weighted by atomic mass is 16.5. The van der Waals surface area contributed by atoms with Crippen molar-refractivity contribution >= 4 is 0 Å². The lowest BCUT2D eigenvalue weighted by molar-refractivity contribution is 0.0469. The average molecular weight is 225 g/mol. The molecule has 0 aliphatic rings. The zero-order valence-corrected chi connectivity index (χ0v) is 10.7. The summed E-state index contributed by atoms with van der Waals surface area (Å²) in [7, 11) is 1.96. The molecule has 2 atom stereocenters. The maximum absolute atomic E-state index is 5.65. The summed E-state index contributed by atoms with van der Waals surface area (Å²) in [6, 6.07) is 2.26. The topological polar surface area (TPSA) is 39.1 Å². The van der Waals surface area contributed by atoms with Crippen LogP contribution in [0.2, 0.25) is 0 Å². The van der Waals surface area contributed by atoms with Crippen molar-refractivity contribution in [2.75, 3.05) is 13.7 Å². The maximum atomic E-state index is 5.65. The van der Waals surface area contributed by atoms with E-state index in [2.05, 4.69) is 35.0 Å². The second-order valence-electron chi connectivity index (χ2n) is 3.91. The van der Waals surface area contributed by atoms with Gasteiger partial charge in [0.1, 0.15) is 0 Å². The first-order chi connectivity index (χ1) is 7.74. The first kappa shape index (κ1) is 13.2. The fourth-order valence-corrected chi connectivity index (χ4v) is 1.99. The number of nitrogens with zero attached hydrogens (tertiary/aromatic N) is 2. The van der Waals surface area contributed by atoms with Crippen molar-refractivity contribution in [2.45, 2.75) is 45.9 Å². The quantitative estimate of drug-likeness (QED) is 0.771. The maximum Gasteiger partial charge on any atom is 0.0756 e. The molecule has 16 heavy (non-hydrogen) atoms. The number of aryl methyl sites for hydroxylation is 1. The summed E-state index contributed by atoms with van der Waals surface area (Å²) in [4.78, 5) is 0. The molecule has 0 radical (unpaired) electrons. The Balaban J connectivity index is 2.81. The Morgan fingerprint density at radius 1 is 1.50 bits per heavy atom. The zero-order chi connectivity index (χ0) is 12.0. The standard InChI is InChI=1S/C12H23N3O/c1-5-9-15-11(7-8-14-15)12(13-4)10(3)16-6-2/h7-8,10,12-13H,5-6,9H2,1-4H3. The molecular weight excluding hydrogens is 202 g/mol. The van der Waals surface area contributed by atoms with Crippen LogP contribution in [0.1, 0.15) is 38.9 Å². The van der Waals surface area contributed by atoms with Crippen LogP contribution in [0.5, 0.6) is 0 Å². The van der Waals surface area contributed by atoms with Gasteiger partial charge in [0.25, 0.3) is 0 Å². The third-order valence-corrected chi connectivity index (χ3v) is 2.71. The molecule has 92 valence electrons. The molecule has 0 bridgehead atoms. The van der Waals surface area contributed by atoms with Gasteiger partial charge < -0.3 is 10.1 Å². The highest BCUT2D eigenvalue weighted by Crippen LogP contribution is 2.18. The van der Waals surface area contributed by atoms with Crippen molar-refractivity contribution in [3.8, 4) is 0 Å². The van der Waals surface area contributed by atoms with E-state index in [1.54, 1.807) is 0 Å². The lowest BCUT2D eigenvalue weighted by Gasteiger charge is -2.24. The van der Waals surface area contributed by atoms with Crippen LogP contribution < -0.4 is 5.32 Å². The number of nitrogens with one attached hydrogen (secondary N) is 1. The summed E-state index contributed by atoms with van der Waals surface area (Å²) >= 11 is 0. The van der Waals surface area contributed by atoms with Crippen LogP contribution in [-0.4, -0.2) is 29.5 Å². The fourth-order valence-electron chi connectivity index (χ4n) is 1.99. The van der Waals surface area contributed by atoms with Crippen molar-refractivity contribution in [3.05, 3.63) is 18.0 Å². The van der Waals surface area contributed by atoms with Crippen LogP contribution in [0.4, 0.5) is 0 Å². The van der Waals surface area contributed by atoms with Crippen molar-refractivity contribution in [3.63, 3.8) is 0 Å². The number of likely N-dealkylation sites (N-methyl/N-ethyl adjacent to an activating group) is 1. The molecule has 1 N–H and O–H groups in total. The number of hydrogen-bond donors (Lipinski definition) is 1. The van der Waals surface area contributed by atoms with Crippen LogP contribution in [0.25, 0.3) is 0 Å². The minimum Gasteiger partial charge on any atom is -0.377 e. The van der Waals surface area contributed by atoms with E-state index < -0.39 is 0 Å². The Kier molecular flexibility index (Phi) is 5.49. The molecule has 4 nitrogen and oxygen atoms in total. The summed E-state index contributed by atoms with van der Waals surface area (Å²) in [6.07, 6.45) is 3.10. The third-order valence-electron chi connectivity index (χ3n) is 2.71. The monoisotopic (exact) mass is 225 g/mol. The first-order valence-electron chi connectivity index (χ1n) is 6.05. The van der Waals surface area contributed by atoms with Gasteiger partial charge in [0, 0.05) is 19.3 Å². The molecular formula is C12H23N3O. The van der Waals surface area contributed by atoms with Crippen molar-refractivity contribution in [2.24, 2.45) is 0 Å². The van der Waals surface area contributed by atoms with E-state index in [0.717, 1.165) is 19.6 Å². The van der Waals surface area contributed by atoms with Gasteiger partial charge >= 0.3 is 0 Å². The van der Waals surface area contributed by atoms with E-state index in [0.29, 0.717) is 0 Å². The molecule has 0 saturated heterocycles. The summed E-state index contributed by atoms with van der Waals surface area (Å²) in [5.41, 5.74) is 1.20. The highest BCUT2D eigenvalue weighted by molar-refractivity contribution is 5.08. The molecule has 0 aliphatic carbocycles. The molecule has 1 aromatic rings. The van der Waals surface area contributed by atoms with Crippen LogP contribution in [0.3, 0.4) is 0 Å². The molecule has 0 aromatic carbocycles. The number of ether oxygens (including phenoxy) is 1. The minimum absolute atomic E-state index is 0.155. The SMILES string of the molecule is CCCn1nccc1C(NC)C(C)OCC. The molecule has 0 amide bonds. The summed E-state index contributed by atoms with van der Waals surface area (Å²) in [6.45, 7) is 7.97. The van der Waals surface area contributed by atoms with E-state index in [9.17, 15) is 0 Å². The van der Waals surface area contributed by atoms with E-state index in [4.69, 9.17) is 4.74 Å². The van der Waals surface area contributed by atoms with Gasteiger partial charge in [-0.3, -0.25) is 4.68 Å². The van der Waals surface area contributed by atoms with Gasteiger partial charge in [-0.15, -0.1) is 0 Å². The van der Waals surface area contributed by atoms with Gasteiger partial charge in [0.15, 0.2) is 0 Å². The average Bonchev–Trinajstić information content (AvgIpc) is 2.69. The minimum atomic E-state index is 0.155. The van der Waals surface area contributed by atoms with Crippen LogP contribution in [0.15, 0.2) is 12.3 Å². The molecule has 1 heterocycles. The third kappa shape index (κ3) is 3.06. The van der Waals surface area contributed by atoms with E-state index >= 15 is 0 Å². The predicted molar refractivity (Wildman–Crippen MR) is 65.4 cm³/mol. The largest absolute Gasteiger partial charge is 0.377 e. The fraction of sp³-hybridized carbons (Fsp3) is 0.750. The van der Waals surface area contributed by atoms with Gasteiger partial charge in [0.05, 0.1) is 17.8 Å². The summed E-state index contributed by atoms with van der Waals surface area (Å²) in [5, 5.41) is 7.64. The van der Waals surface area contributed by atoms with Gasteiger partial charge in [-0.25, -0.2) is 0 Å². The molecule has 1 rings (SSSR count). The Morgan fingerprint density at radius 3 is 2.81 bits per heavy atom. The van der Waals surface area contributed by atoms with Gasteiger partial charge in [-0.2, -0.15) is 5.10 Å². The Hall–Kier alpha value is -0.870. The smallest absolute Gasteiger partial charge is 0.0756 e. The molecule has 0 aliphatic heterocycles. The zero-order valence-electron chi connectivity index (χ0n) is 10.7. The normalized spacial score (nSPS) is 15.0. The molecule has 0 spiro atoms. The van der Waals surface area contributed by atoms with Crippen molar-refractivity contribution < 1.29 is 4.74 Å². The second kappa shape index (κ2) is 6.66. The molecule has 1 aromatic heterocycles. The highest BCUT2D eigenvalue weighted by Gasteiger charge is 2.21. The van der Waals surface area contributed by atoms with Crippen molar-refractivity contribution in [1.82, 2.24) is 15.1 Å². The molecule has 0 fully saturated rings. The predicted octanol–water partition coefficient (Wildman–Crippen LogP) is 1.98. The van der Waals surface area contributed by atoms with Crippen LogP contribution in [-0.2, 0) is 11.3 Å². The lowest BCUT2D eigenvalue weighted by atomic mass is 10.1. The molecule has 4 heteroatoms. The molecule has 2 unspecified atom stereocenters. The Labute approximate surface area is 98.0 Å². The first-order valence-corrected chi connectivity index (χ1v) is 6.05. The van der Waals surface area contributed by atoms with E-state index in [-0.39, 0.29) is 12.1 Å². The second-order valence-corrected chi connectivity index (χ2v) is 3.91. The molecule has 0 saturated carbocycles. The van der Waals surface area contributed by atoms with E-state index in [1.165, 1.54) is 5.69 Å².